The maximum atomic E-state index is 13.5. The third kappa shape index (κ3) is 4.86. The number of H-pyrrole nitrogens is 1. The van der Waals surface area contributed by atoms with Crippen LogP contribution in [0.15, 0.2) is 36.8 Å². The predicted molar refractivity (Wildman–Crippen MR) is 107 cm³/mol. The van der Waals surface area contributed by atoms with Crippen LogP contribution in [0, 0.1) is 5.82 Å². The lowest BCUT2D eigenvalue weighted by Crippen LogP contribution is -2.49. The van der Waals surface area contributed by atoms with Crippen LogP contribution in [-0.2, 0) is 11.0 Å². The summed E-state index contributed by atoms with van der Waals surface area (Å²) in [6, 6.07) is 3.85. The van der Waals surface area contributed by atoms with Gasteiger partial charge in [0.05, 0.1) is 17.5 Å². The van der Waals surface area contributed by atoms with Crippen molar-refractivity contribution in [2.45, 2.75) is 25.1 Å². The fourth-order valence-electron chi connectivity index (χ4n) is 3.71. The molecule has 164 valence electrons. The first-order chi connectivity index (χ1) is 14.8. The Labute approximate surface area is 174 Å². The second-order valence-electron chi connectivity index (χ2n) is 7.37. The molecule has 0 spiro atoms. The standard InChI is InChI=1S/C20H20F4N6O/c21-13-6-12(20(22,23)24)7-15(8-13)26-9-17(31)29-14-2-1-5-30(10-14)19-16-3-4-25-18(16)27-11-28-19/h3-4,6-8,11,14,26H,1-2,5,9-10H2,(H,29,31)(H,25,27,28)/t14-/m1/s1. The Bertz CT molecular complexity index is 1080. The van der Waals surface area contributed by atoms with E-state index in [1.807, 2.05) is 6.07 Å². The molecule has 1 amide bonds. The van der Waals surface area contributed by atoms with Gasteiger partial charge in [0.2, 0.25) is 5.91 Å². The third-order valence-corrected chi connectivity index (χ3v) is 5.10. The zero-order valence-corrected chi connectivity index (χ0v) is 16.3. The third-order valence-electron chi connectivity index (χ3n) is 5.10. The monoisotopic (exact) mass is 436 g/mol. The molecule has 2 aromatic heterocycles. The number of hydrogen-bond donors (Lipinski definition) is 3. The zero-order chi connectivity index (χ0) is 22.0. The molecular formula is C20H20F4N6O. The van der Waals surface area contributed by atoms with Gasteiger partial charge in [-0.15, -0.1) is 0 Å². The van der Waals surface area contributed by atoms with Crippen molar-refractivity contribution in [3.8, 4) is 0 Å². The minimum Gasteiger partial charge on any atom is -0.376 e. The van der Waals surface area contributed by atoms with Gasteiger partial charge in [-0.05, 0) is 37.1 Å². The maximum Gasteiger partial charge on any atom is 0.416 e. The Hall–Kier alpha value is -3.37. The van der Waals surface area contributed by atoms with E-state index in [0.29, 0.717) is 12.6 Å². The molecule has 0 bridgehead atoms. The summed E-state index contributed by atoms with van der Waals surface area (Å²) >= 11 is 0. The first-order valence-corrected chi connectivity index (χ1v) is 9.73. The number of fused-ring (bicyclic) bond motifs is 1. The Balaban J connectivity index is 1.36. The van der Waals surface area contributed by atoms with E-state index in [4.69, 9.17) is 0 Å². The Morgan fingerprint density at radius 2 is 2.10 bits per heavy atom. The highest BCUT2D eigenvalue weighted by Crippen LogP contribution is 2.31. The number of hydrogen-bond acceptors (Lipinski definition) is 5. The first kappa shape index (κ1) is 20.9. The van der Waals surface area contributed by atoms with Crippen LogP contribution in [0.25, 0.3) is 11.0 Å². The van der Waals surface area contributed by atoms with E-state index in [0.717, 1.165) is 48.4 Å². The van der Waals surface area contributed by atoms with Crippen LogP contribution in [0.4, 0.5) is 29.1 Å². The zero-order valence-electron chi connectivity index (χ0n) is 16.3. The summed E-state index contributed by atoms with van der Waals surface area (Å²) in [5.74, 6) is -0.636. The van der Waals surface area contributed by atoms with E-state index in [1.165, 1.54) is 6.33 Å². The van der Waals surface area contributed by atoms with Crippen LogP contribution in [0.1, 0.15) is 18.4 Å². The number of nitrogens with one attached hydrogen (secondary N) is 3. The largest absolute Gasteiger partial charge is 0.416 e. The molecule has 0 radical (unpaired) electrons. The van der Waals surface area contributed by atoms with Gasteiger partial charge in [0.1, 0.15) is 23.6 Å². The number of piperidine rings is 1. The van der Waals surface area contributed by atoms with Gasteiger partial charge in [0.15, 0.2) is 0 Å². The van der Waals surface area contributed by atoms with Crippen LogP contribution in [0.2, 0.25) is 0 Å². The Morgan fingerprint density at radius 1 is 1.26 bits per heavy atom. The van der Waals surface area contributed by atoms with Crippen LogP contribution in [-0.4, -0.2) is 46.5 Å². The highest BCUT2D eigenvalue weighted by Gasteiger charge is 2.31. The van der Waals surface area contributed by atoms with Crippen molar-refractivity contribution in [1.82, 2.24) is 20.3 Å². The van der Waals surface area contributed by atoms with E-state index >= 15 is 0 Å². The lowest BCUT2D eigenvalue weighted by molar-refractivity contribution is -0.137. The van der Waals surface area contributed by atoms with Gasteiger partial charge in [-0.1, -0.05) is 0 Å². The highest BCUT2D eigenvalue weighted by molar-refractivity contribution is 5.87. The molecule has 1 aromatic carbocycles. The van der Waals surface area contributed by atoms with Crippen molar-refractivity contribution in [2.75, 3.05) is 29.9 Å². The summed E-state index contributed by atoms with van der Waals surface area (Å²) < 4.78 is 51.9. The molecule has 11 heteroatoms. The van der Waals surface area contributed by atoms with Crippen molar-refractivity contribution in [3.63, 3.8) is 0 Å². The highest BCUT2D eigenvalue weighted by atomic mass is 19.4. The molecule has 0 saturated carbocycles. The number of carbonyl (C=O) groups excluding carboxylic acids is 1. The summed E-state index contributed by atoms with van der Waals surface area (Å²) in [4.78, 5) is 26.0. The predicted octanol–water partition coefficient (Wildman–Crippen LogP) is 3.31. The number of carbonyl (C=O) groups is 1. The normalized spacial score (nSPS) is 17.0. The fraction of sp³-hybridized carbons (Fsp3) is 0.350. The molecule has 0 unspecified atom stereocenters. The SMILES string of the molecule is O=C(CNc1cc(F)cc(C(F)(F)F)c1)N[C@@H]1CCCN(c2ncnc3[nH]ccc23)C1. The van der Waals surface area contributed by atoms with Crippen molar-refractivity contribution in [3.05, 3.63) is 48.2 Å². The van der Waals surface area contributed by atoms with Crippen LogP contribution < -0.4 is 15.5 Å². The van der Waals surface area contributed by atoms with Gasteiger partial charge in [-0.2, -0.15) is 13.2 Å². The summed E-state index contributed by atoms with van der Waals surface area (Å²) in [5, 5.41) is 6.33. The van der Waals surface area contributed by atoms with Gasteiger partial charge in [-0.3, -0.25) is 4.79 Å². The second kappa shape index (κ2) is 8.40. The molecule has 0 aliphatic carbocycles. The lowest BCUT2D eigenvalue weighted by atomic mass is 10.1. The van der Waals surface area contributed by atoms with Gasteiger partial charge in [0.25, 0.3) is 0 Å². The smallest absolute Gasteiger partial charge is 0.376 e. The number of nitrogens with zero attached hydrogens (tertiary/aromatic N) is 3. The molecule has 1 aliphatic heterocycles. The maximum absolute atomic E-state index is 13.5. The number of alkyl halides is 3. The van der Waals surface area contributed by atoms with E-state index < -0.39 is 17.6 Å². The number of rotatable bonds is 5. The molecule has 1 fully saturated rings. The molecule has 1 saturated heterocycles. The quantitative estimate of drug-likeness (QED) is 0.535. The molecule has 31 heavy (non-hydrogen) atoms. The summed E-state index contributed by atoms with van der Waals surface area (Å²) in [6.07, 6.45) is 0.204. The van der Waals surface area contributed by atoms with Crippen molar-refractivity contribution in [2.24, 2.45) is 0 Å². The number of benzene rings is 1. The number of amides is 1. The van der Waals surface area contributed by atoms with E-state index in [9.17, 15) is 22.4 Å². The lowest BCUT2D eigenvalue weighted by Gasteiger charge is -2.34. The Morgan fingerprint density at radius 3 is 2.90 bits per heavy atom. The first-order valence-electron chi connectivity index (χ1n) is 9.73. The minimum absolute atomic E-state index is 0.108. The Kier molecular flexibility index (Phi) is 5.66. The molecule has 1 atom stereocenters. The van der Waals surface area contributed by atoms with Gasteiger partial charge >= 0.3 is 6.18 Å². The minimum atomic E-state index is -4.67. The van der Waals surface area contributed by atoms with E-state index in [-0.39, 0.29) is 24.2 Å². The van der Waals surface area contributed by atoms with Crippen LogP contribution >= 0.6 is 0 Å². The number of anilines is 2. The molecular weight excluding hydrogens is 416 g/mol. The molecule has 7 nitrogen and oxygen atoms in total. The van der Waals surface area contributed by atoms with Crippen molar-refractivity contribution < 1.29 is 22.4 Å². The molecule has 4 rings (SSSR count). The molecule has 3 N–H and O–H groups in total. The summed E-state index contributed by atoms with van der Waals surface area (Å²) in [6.45, 7) is 1.06. The average molecular weight is 436 g/mol. The van der Waals surface area contributed by atoms with Gasteiger partial charge < -0.3 is 20.5 Å². The summed E-state index contributed by atoms with van der Waals surface area (Å²) in [5.41, 5.74) is -0.489. The van der Waals surface area contributed by atoms with Crippen LogP contribution in [0.3, 0.4) is 0 Å². The topological polar surface area (TPSA) is 85.9 Å². The molecule has 3 aromatic rings. The second-order valence-corrected chi connectivity index (χ2v) is 7.37. The van der Waals surface area contributed by atoms with Crippen molar-refractivity contribution >= 4 is 28.4 Å². The average Bonchev–Trinajstić information content (AvgIpc) is 3.20. The van der Waals surface area contributed by atoms with Crippen molar-refractivity contribution in [1.29, 1.82) is 0 Å². The van der Waals surface area contributed by atoms with Crippen LogP contribution in [0.5, 0.6) is 0 Å². The number of aromatic amines is 1. The fourth-order valence-corrected chi connectivity index (χ4v) is 3.71. The molecule has 1 aliphatic rings. The van der Waals surface area contributed by atoms with E-state index in [2.05, 4.69) is 30.5 Å². The summed E-state index contributed by atoms with van der Waals surface area (Å²) in [7, 11) is 0. The number of halogens is 4. The molecule has 3 heterocycles. The van der Waals surface area contributed by atoms with Gasteiger partial charge in [-0.25, -0.2) is 14.4 Å². The van der Waals surface area contributed by atoms with E-state index in [1.54, 1.807) is 6.20 Å². The number of aromatic nitrogens is 3. The van der Waals surface area contributed by atoms with Gasteiger partial charge in [0, 0.05) is 31.0 Å².